The third-order valence-electron chi connectivity index (χ3n) is 3.09. The van der Waals surface area contributed by atoms with Crippen molar-refractivity contribution >= 4 is 11.8 Å². The molecule has 0 aliphatic heterocycles. The summed E-state index contributed by atoms with van der Waals surface area (Å²) in [6.45, 7) is 0. The summed E-state index contributed by atoms with van der Waals surface area (Å²) in [6, 6.07) is 0. The molecular weight excluding hydrogens is 176 g/mol. The van der Waals surface area contributed by atoms with Gasteiger partial charge in [0.15, 0.2) is 0 Å². The summed E-state index contributed by atoms with van der Waals surface area (Å²) in [5.74, 6) is 0. The molecular formula is C12H20S. The minimum atomic E-state index is 0.882. The molecule has 1 heteroatoms. The molecule has 2 radical (unpaired) electrons. The average Bonchev–Trinajstić information content (AvgIpc) is 2.21. The quantitative estimate of drug-likeness (QED) is 0.643. The first-order chi connectivity index (χ1) is 6.45. The van der Waals surface area contributed by atoms with E-state index in [1.165, 1.54) is 51.4 Å². The Morgan fingerprint density at radius 1 is 0.769 bits per heavy atom. The van der Waals surface area contributed by atoms with Crippen LogP contribution in [0, 0.1) is 12.8 Å². The first kappa shape index (κ1) is 9.89. The van der Waals surface area contributed by atoms with E-state index in [0.29, 0.717) is 0 Å². The third-order valence-corrected chi connectivity index (χ3v) is 4.65. The Hall–Kier alpha value is 0.350. The van der Waals surface area contributed by atoms with E-state index in [4.69, 9.17) is 0 Å². The van der Waals surface area contributed by atoms with Crippen molar-refractivity contribution in [3.63, 3.8) is 0 Å². The van der Waals surface area contributed by atoms with E-state index in [1.807, 2.05) is 0 Å². The van der Waals surface area contributed by atoms with Gasteiger partial charge in [0.2, 0.25) is 0 Å². The summed E-state index contributed by atoms with van der Waals surface area (Å²) in [7, 11) is 0. The molecule has 0 aromatic carbocycles. The van der Waals surface area contributed by atoms with Crippen molar-refractivity contribution in [2.45, 2.75) is 61.9 Å². The fraction of sp³-hybridized carbons (Fsp3) is 0.833. The van der Waals surface area contributed by atoms with Gasteiger partial charge in [0.1, 0.15) is 0 Å². The van der Waals surface area contributed by atoms with Crippen LogP contribution in [-0.2, 0) is 0 Å². The molecule has 2 aliphatic rings. The Kier molecular flexibility index (Phi) is 4.02. The van der Waals surface area contributed by atoms with E-state index in [2.05, 4.69) is 24.6 Å². The summed E-state index contributed by atoms with van der Waals surface area (Å²) in [5, 5.41) is 1.76. The molecule has 2 saturated carbocycles. The van der Waals surface area contributed by atoms with Gasteiger partial charge in [-0.15, -0.1) is 0 Å². The van der Waals surface area contributed by atoms with Gasteiger partial charge in [-0.25, -0.2) is 0 Å². The van der Waals surface area contributed by atoms with E-state index < -0.39 is 0 Å². The van der Waals surface area contributed by atoms with Crippen LogP contribution in [-0.4, -0.2) is 10.5 Å². The van der Waals surface area contributed by atoms with Crippen molar-refractivity contribution in [3.8, 4) is 0 Å². The van der Waals surface area contributed by atoms with Crippen molar-refractivity contribution in [2.75, 3.05) is 0 Å². The topological polar surface area (TPSA) is 0 Å². The number of hydrogen-bond acceptors (Lipinski definition) is 1. The molecule has 2 rings (SSSR count). The first-order valence-corrected chi connectivity index (χ1v) is 6.71. The normalized spacial score (nSPS) is 27.7. The van der Waals surface area contributed by atoms with Crippen LogP contribution in [0.2, 0.25) is 0 Å². The van der Waals surface area contributed by atoms with Crippen molar-refractivity contribution in [1.82, 2.24) is 0 Å². The highest BCUT2D eigenvalue weighted by molar-refractivity contribution is 8.00. The smallest absolute Gasteiger partial charge is 0.00812 e. The fourth-order valence-corrected chi connectivity index (χ4v) is 3.84. The summed E-state index contributed by atoms with van der Waals surface area (Å²) < 4.78 is 0. The second-order valence-electron chi connectivity index (χ2n) is 4.25. The van der Waals surface area contributed by atoms with E-state index in [0.717, 1.165) is 10.5 Å². The zero-order valence-electron chi connectivity index (χ0n) is 8.37. The maximum absolute atomic E-state index is 2.55. The summed E-state index contributed by atoms with van der Waals surface area (Å²) in [4.78, 5) is 0. The number of thioether (sulfide) groups is 1. The SMILES string of the molecule is [CH]1CCCCC1SC1[CH]CCCC1. The highest BCUT2D eigenvalue weighted by Gasteiger charge is 2.21. The predicted molar refractivity (Wildman–Crippen MR) is 60.7 cm³/mol. The van der Waals surface area contributed by atoms with Crippen LogP contribution in [0.4, 0.5) is 0 Å². The van der Waals surface area contributed by atoms with Crippen LogP contribution in [0.25, 0.3) is 0 Å². The minimum Gasteiger partial charge on any atom is -0.155 e. The molecule has 0 amide bonds. The van der Waals surface area contributed by atoms with Crippen molar-refractivity contribution < 1.29 is 0 Å². The standard InChI is InChI=1S/C12H20S/c1-3-7-11(8-4-1)13-12-9-5-2-6-10-12/h7,9,11-12H,1-6,8,10H2. The lowest BCUT2D eigenvalue weighted by atomic mass is 10.00. The van der Waals surface area contributed by atoms with Gasteiger partial charge in [0.05, 0.1) is 0 Å². The van der Waals surface area contributed by atoms with Gasteiger partial charge in [-0.3, -0.25) is 0 Å². The second kappa shape index (κ2) is 5.29. The largest absolute Gasteiger partial charge is 0.155 e. The zero-order chi connectivity index (χ0) is 8.93. The maximum atomic E-state index is 2.55. The number of rotatable bonds is 2. The van der Waals surface area contributed by atoms with Gasteiger partial charge in [-0.05, 0) is 38.5 Å². The van der Waals surface area contributed by atoms with Gasteiger partial charge >= 0.3 is 0 Å². The van der Waals surface area contributed by atoms with Crippen molar-refractivity contribution in [2.24, 2.45) is 0 Å². The highest BCUT2D eigenvalue weighted by Crippen LogP contribution is 2.35. The van der Waals surface area contributed by atoms with Gasteiger partial charge in [0, 0.05) is 10.5 Å². The Bertz CT molecular complexity index is 116. The molecule has 0 bridgehead atoms. The average molecular weight is 196 g/mol. The summed E-state index contributed by atoms with van der Waals surface area (Å²) in [5.41, 5.74) is 0. The van der Waals surface area contributed by atoms with E-state index >= 15 is 0 Å². The summed E-state index contributed by atoms with van der Waals surface area (Å²) >= 11 is 2.23. The van der Waals surface area contributed by atoms with Gasteiger partial charge in [-0.2, -0.15) is 11.8 Å². The van der Waals surface area contributed by atoms with Crippen LogP contribution in [0.15, 0.2) is 0 Å². The molecule has 0 spiro atoms. The van der Waals surface area contributed by atoms with Crippen LogP contribution in [0.1, 0.15) is 51.4 Å². The third kappa shape index (κ3) is 3.19. The van der Waals surface area contributed by atoms with Crippen LogP contribution in [0.3, 0.4) is 0 Å². The molecule has 0 saturated heterocycles. The molecule has 13 heavy (non-hydrogen) atoms. The zero-order valence-corrected chi connectivity index (χ0v) is 9.19. The number of hydrogen-bond donors (Lipinski definition) is 0. The molecule has 0 nitrogen and oxygen atoms in total. The van der Waals surface area contributed by atoms with Crippen LogP contribution >= 0.6 is 11.8 Å². The molecule has 2 unspecified atom stereocenters. The molecule has 2 fully saturated rings. The molecule has 74 valence electrons. The minimum absolute atomic E-state index is 0.882. The van der Waals surface area contributed by atoms with Crippen molar-refractivity contribution in [1.29, 1.82) is 0 Å². The Labute approximate surface area is 86.9 Å². The fourth-order valence-electron chi connectivity index (χ4n) is 2.29. The van der Waals surface area contributed by atoms with E-state index in [-0.39, 0.29) is 0 Å². The molecule has 0 aromatic heterocycles. The first-order valence-electron chi connectivity index (χ1n) is 5.77. The molecule has 2 atom stereocenters. The summed E-state index contributed by atoms with van der Waals surface area (Å²) in [6.07, 6.45) is 16.5. The van der Waals surface area contributed by atoms with E-state index in [1.54, 1.807) is 0 Å². The Balaban J connectivity index is 1.69. The van der Waals surface area contributed by atoms with Gasteiger partial charge in [-0.1, -0.05) is 25.7 Å². The van der Waals surface area contributed by atoms with Crippen LogP contribution < -0.4 is 0 Å². The van der Waals surface area contributed by atoms with Gasteiger partial charge in [0.25, 0.3) is 0 Å². The Morgan fingerprint density at radius 2 is 1.31 bits per heavy atom. The van der Waals surface area contributed by atoms with Crippen molar-refractivity contribution in [3.05, 3.63) is 12.8 Å². The molecule has 2 aliphatic carbocycles. The molecule has 0 N–H and O–H groups in total. The lowest BCUT2D eigenvalue weighted by Gasteiger charge is -2.28. The second-order valence-corrected chi connectivity index (χ2v) is 5.74. The van der Waals surface area contributed by atoms with Crippen LogP contribution in [0.5, 0.6) is 0 Å². The lowest BCUT2D eigenvalue weighted by molar-refractivity contribution is 0.584. The Morgan fingerprint density at radius 3 is 1.69 bits per heavy atom. The molecule has 0 heterocycles. The maximum Gasteiger partial charge on any atom is 0.00812 e. The highest BCUT2D eigenvalue weighted by atomic mass is 32.2. The van der Waals surface area contributed by atoms with E-state index in [9.17, 15) is 0 Å². The predicted octanol–water partition coefficient (Wildman–Crippen LogP) is 4.01. The molecule has 0 aromatic rings. The monoisotopic (exact) mass is 196 g/mol. The lowest BCUT2D eigenvalue weighted by Crippen LogP contribution is -2.17. The van der Waals surface area contributed by atoms with Gasteiger partial charge < -0.3 is 0 Å².